The molecular weight excluding hydrogens is 256 g/mol. The average Bonchev–Trinajstić information content (AvgIpc) is 2.46. The van der Waals surface area contributed by atoms with Crippen LogP contribution in [0.1, 0.15) is 5.56 Å². The number of hydrogen-bond acceptors (Lipinski definition) is 3. The van der Waals surface area contributed by atoms with Crippen molar-refractivity contribution in [3.63, 3.8) is 0 Å². The maximum atomic E-state index is 8.67. The molecule has 0 saturated carbocycles. The van der Waals surface area contributed by atoms with Crippen LogP contribution >= 0.6 is 11.8 Å². The zero-order chi connectivity index (χ0) is 13.5. The van der Waals surface area contributed by atoms with Crippen molar-refractivity contribution in [3.05, 3.63) is 54.1 Å². The lowest BCUT2D eigenvalue weighted by Crippen LogP contribution is -1.85. The Kier molecular flexibility index (Phi) is 4.91. The Morgan fingerprint density at radius 1 is 1.11 bits per heavy atom. The molecule has 96 valence electrons. The van der Waals surface area contributed by atoms with Gasteiger partial charge in [-0.25, -0.2) is 0 Å². The third-order valence-corrected chi connectivity index (χ3v) is 3.18. The molecule has 1 N–H and O–H groups in total. The molecular formula is C16H14O2S. The highest BCUT2D eigenvalue weighted by molar-refractivity contribution is 7.98. The lowest BCUT2D eigenvalue weighted by Gasteiger charge is -2.06. The van der Waals surface area contributed by atoms with Gasteiger partial charge in [-0.05, 0) is 48.7 Å². The third-order valence-electron chi connectivity index (χ3n) is 2.44. The van der Waals surface area contributed by atoms with Gasteiger partial charge in [-0.1, -0.05) is 17.9 Å². The Morgan fingerprint density at radius 3 is 2.58 bits per heavy atom. The molecule has 0 aromatic heterocycles. The zero-order valence-corrected chi connectivity index (χ0v) is 11.4. The molecule has 0 fully saturated rings. The largest absolute Gasteiger partial charge is 0.457 e. The fourth-order valence-corrected chi connectivity index (χ4v) is 1.97. The molecule has 0 heterocycles. The van der Waals surface area contributed by atoms with Gasteiger partial charge in [-0.15, -0.1) is 11.8 Å². The van der Waals surface area contributed by atoms with E-state index in [-0.39, 0.29) is 6.61 Å². The topological polar surface area (TPSA) is 29.5 Å². The molecule has 0 radical (unpaired) electrons. The Hall–Kier alpha value is -1.89. The maximum Gasteiger partial charge on any atom is 0.128 e. The Bertz CT molecular complexity index is 594. The van der Waals surface area contributed by atoms with E-state index in [4.69, 9.17) is 9.84 Å². The van der Waals surface area contributed by atoms with Gasteiger partial charge in [-0.2, -0.15) is 0 Å². The van der Waals surface area contributed by atoms with E-state index in [1.165, 1.54) is 4.90 Å². The summed E-state index contributed by atoms with van der Waals surface area (Å²) in [5.74, 6) is 7.01. The number of aliphatic hydroxyl groups is 1. The summed E-state index contributed by atoms with van der Waals surface area (Å²) >= 11 is 1.70. The molecule has 0 bridgehead atoms. The highest BCUT2D eigenvalue weighted by atomic mass is 32.2. The fraction of sp³-hybridized carbons (Fsp3) is 0.125. The van der Waals surface area contributed by atoms with Gasteiger partial charge in [-0.3, -0.25) is 0 Å². The zero-order valence-electron chi connectivity index (χ0n) is 10.6. The second-order valence-electron chi connectivity index (χ2n) is 3.77. The van der Waals surface area contributed by atoms with Crippen molar-refractivity contribution in [3.8, 4) is 23.3 Å². The van der Waals surface area contributed by atoms with Gasteiger partial charge < -0.3 is 9.84 Å². The van der Waals surface area contributed by atoms with Crippen molar-refractivity contribution in [2.24, 2.45) is 0 Å². The van der Waals surface area contributed by atoms with E-state index in [1.54, 1.807) is 11.8 Å². The molecule has 0 amide bonds. The Balaban J connectivity index is 2.13. The van der Waals surface area contributed by atoms with Gasteiger partial charge in [0.05, 0.1) is 0 Å². The molecule has 2 aromatic rings. The van der Waals surface area contributed by atoms with Crippen LogP contribution in [0.3, 0.4) is 0 Å². The molecule has 0 aliphatic carbocycles. The van der Waals surface area contributed by atoms with E-state index in [0.29, 0.717) is 0 Å². The normalized spacial score (nSPS) is 9.58. The number of thioether (sulfide) groups is 1. The first-order chi connectivity index (χ1) is 9.31. The second-order valence-corrected chi connectivity index (χ2v) is 4.64. The van der Waals surface area contributed by atoms with E-state index < -0.39 is 0 Å². The van der Waals surface area contributed by atoms with Crippen molar-refractivity contribution in [2.45, 2.75) is 4.90 Å². The minimum Gasteiger partial charge on any atom is -0.457 e. The van der Waals surface area contributed by atoms with E-state index >= 15 is 0 Å². The van der Waals surface area contributed by atoms with Crippen molar-refractivity contribution < 1.29 is 9.84 Å². The lowest BCUT2D eigenvalue weighted by molar-refractivity contribution is 0.350. The Morgan fingerprint density at radius 2 is 1.89 bits per heavy atom. The van der Waals surface area contributed by atoms with Crippen LogP contribution in [0.2, 0.25) is 0 Å². The Labute approximate surface area is 117 Å². The molecule has 2 rings (SSSR count). The molecule has 0 unspecified atom stereocenters. The summed E-state index contributed by atoms with van der Waals surface area (Å²) in [7, 11) is 0. The number of benzene rings is 2. The van der Waals surface area contributed by atoms with Crippen LogP contribution in [0.15, 0.2) is 53.4 Å². The van der Waals surface area contributed by atoms with Crippen LogP contribution in [-0.4, -0.2) is 18.0 Å². The monoisotopic (exact) mass is 270 g/mol. The predicted octanol–water partition coefficient (Wildman–Crippen LogP) is 3.54. The first kappa shape index (κ1) is 13.5. The standard InChI is InChI=1S/C16H14O2S/c1-19-16-9-7-14(8-10-16)18-15-6-2-4-13(12-15)5-3-11-17/h2,4,6-10,12,17H,11H2,1H3. The summed E-state index contributed by atoms with van der Waals surface area (Å²) < 4.78 is 5.76. The molecule has 0 aliphatic heterocycles. The number of aliphatic hydroxyl groups excluding tert-OH is 1. The smallest absolute Gasteiger partial charge is 0.128 e. The fourth-order valence-electron chi connectivity index (χ4n) is 1.56. The molecule has 3 heteroatoms. The highest BCUT2D eigenvalue weighted by Crippen LogP contribution is 2.24. The van der Waals surface area contributed by atoms with Crippen LogP contribution < -0.4 is 4.74 Å². The summed E-state index contributed by atoms with van der Waals surface area (Å²) in [5, 5.41) is 8.67. The molecule has 0 saturated heterocycles. The van der Waals surface area contributed by atoms with Crippen molar-refractivity contribution in [2.75, 3.05) is 12.9 Å². The van der Waals surface area contributed by atoms with Gasteiger partial charge in [0, 0.05) is 10.5 Å². The van der Waals surface area contributed by atoms with Gasteiger partial charge in [0.2, 0.25) is 0 Å². The SMILES string of the molecule is CSc1ccc(Oc2cccc(C#CCO)c2)cc1. The quantitative estimate of drug-likeness (QED) is 0.683. The number of ether oxygens (including phenoxy) is 1. The van der Waals surface area contributed by atoms with Gasteiger partial charge in [0.1, 0.15) is 18.1 Å². The first-order valence-corrected chi connectivity index (χ1v) is 7.06. The predicted molar refractivity (Wildman–Crippen MR) is 78.7 cm³/mol. The van der Waals surface area contributed by atoms with Crippen molar-refractivity contribution in [1.29, 1.82) is 0 Å². The van der Waals surface area contributed by atoms with Gasteiger partial charge in [0.25, 0.3) is 0 Å². The lowest BCUT2D eigenvalue weighted by atomic mass is 10.2. The van der Waals surface area contributed by atoms with Crippen LogP contribution in [0.25, 0.3) is 0 Å². The molecule has 19 heavy (non-hydrogen) atoms. The maximum absolute atomic E-state index is 8.67. The number of rotatable bonds is 3. The van der Waals surface area contributed by atoms with Gasteiger partial charge >= 0.3 is 0 Å². The van der Waals surface area contributed by atoms with E-state index in [2.05, 4.69) is 11.8 Å². The third kappa shape index (κ3) is 4.06. The van der Waals surface area contributed by atoms with Crippen LogP contribution in [-0.2, 0) is 0 Å². The van der Waals surface area contributed by atoms with Crippen LogP contribution in [0.5, 0.6) is 11.5 Å². The minimum atomic E-state index is -0.138. The summed E-state index contributed by atoms with van der Waals surface area (Å²) in [6.45, 7) is -0.138. The summed E-state index contributed by atoms with van der Waals surface area (Å²) in [6, 6.07) is 15.4. The first-order valence-electron chi connectivity index (χ1n) is 5.83. The van der Waals surface area contributed by atoms with Gasteiger partial charge in [0.15, 0.2) is 0 Å². The van der Waals surface area contributed by atoms with Crippen LogP contribution in [0, 0.1) is 11.8 Å². The van der Waals surface area contributed by atoms with E-state index in [0.717, 1.165) is 17.1 Å². The average molecular weight is 270 g/mol. The summed E-state index contributed by atoms with van der Waals surface area (Å²) in [5.41, 5.74) is 0.826. The molecule has 0 spiro atoms. The van der Waals surface area contributed by atoms with Crippen molar-refractivity contribution in [1.82, 2.24) is 0 Å². The second kappa shape index (κ2) is 6.89. The van der Waals surface area contributed by atoms with Crippen LogP contribution in [0.4, 0.5) is 0 Å². The molecule has 0 aliphatic rings. The van der Waals surface area contributed by atoms with E-state index in [1.807, 2.05) is 54.8 Å². The van der Waals surface area contributed by atoms with Crippen molar-refractivity contribution >= 4 is 11.8 Å². The summed E-state index contributed by atoms with van der Waals surface area (Å²) in [6.07, 6.45) is 2.04. The van der Waals surface area contributed by atoms with E-state index in [9.17, 15) is 0 Å². The molecule has 2 aromatic carbocycles. The summed E-state index contributed by atoms with van der Waals surface area (Å²) in [4.78, 5) is 1.20. The molecule has 2 nitrogen and oxygen atoms in total. The minimum absolute atomic E-state index is 0.138. The number of hydrogen-bond donors (Lipinski definition) is 1. The highest BCUT2D eigenvalue weighted by Gasteiger charge is 1.98. The molecule has 0 atom stereocenters.